The van der Waals surface area contributed by atoms with Gasteiger partial charge in [0.2, 0.25) is 0 Å². The molecule has 1 aliphatic heterocycles. The molecule has 2 aromatic rings. The molecule has 2 aromatic carbocycles. The van der Waals surface area contributed by atoms with Crippen molar-refractivity contribution in [1.29, 1.82) is 0 Å². The van der Waals surface area contributed by atoms with Crippen LogP contribution in [-0.4, -0.2) is 31.7 Å². The van der Waals surface area contributed by atoms with Gasteiger partial charge in [-0.25, -0.2) is 0 Å². The normalized spacial score (nSPS) is 14.9. The van der Waals surface area contributed by atoms with Crippen LogP contribution in [0.15, 0.2) is 36.4 Å². The molecular weight excluding hydrogens is 298 g/mol. The highest BCUT2D eigenvalue weighted by atomic mass is 16.5. The maximum absolute atomic E-state index is 6.03. The molecule has 1 heterocycles. The van der Waals surface area contributed by atoms with Crippen LogP contribution in [0, 0.1) is 12.8 Å². The molecule has 3 rings (SSSR count). The number of aryl methyl sites for hydroxylation is 1. The Labute approximate surface area is 145 Å². The lowest BCUT2D eigenvalue weighted by molar-refractivity contribution is 0.205. The van der Waals surface area contributed by atoms with Gasteiger partial charge in [0.15, 0.2) is 11.5 Å². The van der Waals surface area contributed by atoms with E-state index in [2.05, 4.69) is 62.1 Å². The second-order valence-electron chi connectivity index (χ2n) is 7.01. The summed E-state index contributed by atoms with van der Waals surface area (Å²) in [7, 11) is 1.72. The molecule has 3 nitrogen and oxygen atoms in total. The molecule has 0 unspecified atom stereocenters. The zero-order chi connectivity index (χ0) is 17.1. The van der Waals surface area contributed by atoms with Crippen molar-refractivity contribution >= 4 is 0 Å². The van der Waals surface area contributed by atoms with Crippen molar-refractivity contribution in [3.8, 4) is 22.6 Å². The van der Waals surface area contributed by atoms with E-state index >= 15 is 0 Å². The van der Waals surface area contributed by atoms with Crippen molar-refractivity contribution in [1.82, 2.24) is 4.90 Å². The maximum atomic E-state index is 6.03. The van der Waals surface area contributed by atoms with Crippen molar-refractivity contribution in [2.45, 2.75) is 27.3 Å². The van der Waals surface area contributed by atoms with E-state index in [-0.39, 0.29) is 0 Å². The Kier molecular flexibility index (Phi) is 5.10. The number of benzene rings is 2. The van der Waals surface area contributed by atoms with Gasteiger partial charge >= 0.3 is 0 Å². The second-order valence-corrected chi connectivity index (χ2v) is 7.01. The van der Waals surface area contributed by atoms with Crippen LogP contribution >= 0.6 is 0 Å². The van der Waals surface area contributed by atoms with E-state index in [1.54, 1.807) is 7.11 Å². The molecular formula is C21H27NO2. The number of fused-ring (bicyclic) bond motifs is 1. The molecule has 0 fully saturated rings. The quantitative estimate of drug-likeness (QED) is 0.825. The number of hydrogen-bond donors (Lipinski definition) is 0. The molecule has 0 amide bonds. The van der Waals surface area contributed by atoms with E-state index in [1.165, 1.54) is 22.3 Å². The van der Waals surface area contributed by atoms with E-state index in [0.29, 0.717) is 12.5 Å². The Bertz CT molecular complexity index is 692. The highest BCUT2D eigenvalue weighted by Gasteiger charge is 2.20. The van der Waals surface area contributed by atoms with Crippen LogP contribution in [0.25, 0.3) is 11.1 Å². The summed E-state index contributed by atoms with van der Waals surface area (Å²) in [6.07, 6.45) is 0. The van der Waals surface area contributed by atoms with Crippen LogP contribution < -0.4 is 9.47 Å². The van der Waals surface area contributed by atoms with Crippen molar-refractivity contribution < 1.29 is 9.47 Å². The van der Waals surface area contributed by atoms with Gasteiger partial charge in [0.1, 0.15) is 6.61 Å². The van der Waals surface area contributed by atoms with E-state index in [9.17, 15) is 0 Å². The molecule has 0 saturated carbocycles. The fourth-order valence-electron chi connectivity index (χ4n) is 3.27. The molecule has 0 aromatic heterocycles. The fourth-order valence-corrected chi connectivity index (χ4v) is 3.27. The third-order valence-corrected chi connectivity index (χ3v) is 4.41. The van der Waals surface area contributed by atoms with E-state index < -0.39 is 0 Å². The predicted octanol–water partition coefficient (Wildman–Crippen LogP) is 4.52. The number of methoxy groups -OCH3 is 1. The van der Waals surface area contributed by atoms with Crippen LogP contribution in [0.5, 0.6) is 11.5 Å². The van der Waals surface area contributed by atoms with Crippen molar-refractivity contribution in [3.63, 3.8) is 0 Å². The zero-order valence-corrected chi connectivity index (χ0v) is 15.1. The number of ether oxygens (including phenoxy) is 2. The summed E-state index contributed by atoms with van der Waals surface area (Å²) in [6, 6.07) is 13.0. The zero-order valence-electron chi connectivity index (χ0n) is 15.1. The molecule has 128 valence electrons. The number of nitrogens with zero attached hydrogens (tertiary/aromatic N) is 1. The number of hydrogen-bond acceptors (Lipinski definition) is 3. The summed E-state index contributed by atoms with van der Waals surface area (Å²) in [5, 5.41) is 0. The minimum Gasteiger partial charge on any atom is -0.493 e. The standard InChI is InChI=1S/C21H27NO2/c1-15(2)13-22-9-10-24-21-19(14-22)11-18(12-20(21)23-4)17-7-5-16(3)6-8-17/h5-8,11-12,15H,9-10,13-14H2,1-4H3. The molecule has 0 atom stereocenters. The Hall–Kier alpha value is -2.00. The molecule has 1 aliphatic rings. The summed E-state index contributed by atoms with van der Waals surface area (Å²) in [4.78, 5) is 2.47. The Morgan fingerprint density at radius 1 is 1.12 bits per heavy atom. The summed E-state index contributed by atoms with van der Waals surface area (Å²) in [5.41, 5.74) is 4.87. The van der Waals surface area contributed by atoms with Crippen LogP contribution in [0.4, 0.5) is 0 Å². The highest BCUT2D eigenvalue weighted by Crippen LogP contribution is 2.38. The molecule has 0 bridgehead atoms. The lowest BCUT2D eigenvalue weighted by Gasteiger charge is -2.21. The molecule has 0 aliphatic carbocycles. The predicted molar refractivity (Wildman–Crippen MR) is 98.8 cm³/mol. The van der Waals surface area contributed by atoms with Crippen LogP contribution in [-0.2, 0) is 6.54 Å². The monoisotopic (exact) mass is 325 g/mol. The van der Waals surface area contributed by atoms with Gasteiger partial charge in [-0.3, -0.25) is 4.90 Å². The first-order valence-corrected chi connectivity index (χ1v) is 8.70. The van der Waals surface area contributed by atoms with Gasteiger partial charge < -0.3 is 9.47 Å². The Balaban J connectivity index is 1.99. The topological polar surface area (TPSA) is 21.7 Å². The SMILES string of the molecule is COc1cc(-c2ccc(C)cc2)cc2c1OCCN(CC(C)C)C2. The molecule has 0 saturated heterocycles. The average molecular weight is 325 g/mol. The van der Waals surface area contributed by atoms with Gasteiger partial charge in [-0.05, 0) is 36.1 Å². The van der Waals surface area contributed by atoms with Crippen LogP contribution in [0.2, 0.25) is 0 Å². The van der Waals surface area contributed by atoms with Gasteiger partial charge in [-0.15, -0.1) is 0 Å². The fraction of sp³-hybridized carbons (Fsp3) is 0.429. The molecule has 0 N–H and O–H groups in total. The van der Waals surface area contributed by atoms with Gasteiger partial charge in [0, 0.05) is 25.2 Å². The van der Waals surface area contributed by atoms with Gasteiger partial charge in [0.25, 0.3) is 0 Å². The van der Waals surface area contributed by atoms with Gasteiger partial charge in [-0.1, -0.05) is 43.7 Å². The molecule has 0 spiro atoms. The van der Waals surface area contributed by atoms with Crippen molar-refractivity contribution in [3.05, 3.63) is 47.5 Å². The van der Waals surface area contributed by atoms with Crippen molar-refractivity contribution in [2.24, 2.45) is 5.92 Å². The van der Waals surface area contributed by atoms with Crippen LogP contribution in [0.1, 0.15) is 25.0 Å². The van der Waals surface area contributed by atoms with E-state index in [0.717, 1.165) is 31.1 Å². The second kappa shape index (κ2) is 7.27. The smallest absolute Gasteiger partial charge is 0.165 e. The lowest BCUT2D eigenvalue weighted by atomic mass is 10.00. The number of rotatable bonds is 4. The first-order valence-electron chi connectivity index (χ1n) is 8.70. The lowest BCUT2D eigenvalue weighted by Crippen LogP contribution is -2.29. The molecule has 0 radical (unpaired) electrons. The minimum absolute atomic E-state index is 0.647. The largest absolute Gasteiger partial charge is 0.493 e. The van der Waals surface area contributed by atoms with E-state index in [4.69, 9.17) is 9.47 Å². The first-order chi connectivity index (χ1) is 11.6. The minimum atomic E-state index is 0.647. The molecule has 24 heavy (non-hydrogen) atoms. The third-order valence-electron chi connectivity index (χ3n) is 4.41. The summed E-state index contributed by atoms with van der Waals surface area (Å²) >= 11 is 0. The average Bonchev–Trinajstić information content (AvgIpc) is 2.75. The first kappa shape index (κ1) is 16.8. The van der Waals surface area contributed by atoms with Crippen molar-refractivity contribution in [2.75, 3.05) is 26.8 Å². The molecule has 3 heteroatoms. The van der Waals surface area contributed by atoms with Crippen LogP contribution in [0.3, 0.4) is 0 Å². The Morgan fingerprint density at radius 2 is 1.88 bits per heavy atom. The maximum Gasteiger partial charge on any atom is 0.165 e. The third kappa shape index (κ3) is 3.73. The Morgan fingerprint density at radius 3 is 2.54 bits per heavy atom. The summed E-state index contributed by atoms with van der Waals surface area (Å²) < 4.78 is 11.7. The summed E-state index contributed by atoms with van der Waals surface area (Å²) in [5.74, 6) is 2.38. The van der Waals surface area contributed by atoms with Gasteiger partial charge in [-0.2, -0.15) is 0 Å². The van der Waals surface area contributed by atoms with Gasteiger partial charge in [0.05, 0.1) is 7.11 Å². The highest BCUT2D eigenvalue weighted by molar-refractivity contribution is 5.69. The van der Waals surface area contributed by atoms with E-state index in [1.807, 2.05) is 0 Å². The summed E-state index contributed by atoms with van der Waals surface area (Å²) in [6.45, 7) is 10.3.